The molecular formula is C18H16F2N4O2. The number of ether oxygens (including phenoxy) is 1. The van der Waals surface area contributed by atoms with Crippen molar-refractivity contribution in [1.82, 2.24) is 20.3 Å². The second-order valence-corrected chi connectivity index (χ2v) is 5.47. The van der Waals surface area contributed by atoms with Gasteiger partial charge >= 0.3 is 6.09 Å². The van der Waals surface area contributed by atoms with Gasteiger partial charge in [0.2, 0.25) is 0 Å². The highest BCUT2D eigenvalue weighted by molar-refractivity contribution is 5.67. The molecule has 0 saturated carbocycles. The number of hydrogen-bond donors (Lipinski definition) is 1. The third-order valence-corrected chi connectivity index (χ3v) is 3.60. The monoisotopic (exact) mass is 358 g/mol. The summed E-state index contributed by atoms with van der Waals surface area (Å²) >= 11 is 0. The Hall–Kier alpha value is -3.29. The van der Waals surface area contributed by atoms with Gasteiger partial charge in [0.1, 0.15) is 18.0 Å². The Morgan fingerprint density at radius 2 is 1.92 bits per heavy atom. The molecule has 0 unspecified atom stereocenters. The van der Waals surface area contributed by atoms with E-state index in [9.17, 15) is 13.6 Å². The van der Waals surface area contributed by atoms with Crippen LogP contribution in [0, 0.1) is 11.6 Å². The maximum Gasteiger partial charge on any atom is 0.407 e. The van der Waals surface area contributed by atoms with Crippen LogP contribution in [-0.4, -0.2) is 27.6 Å². The third kappa shape index (κ3) is 4.41. The first kappa shape index (κ1) is 17.5. The molecule has 0 aliphatic rings. The second kappa shape index (κ2) is 8.19. The number of alkyl carbamates (subject to hydrolysis) is 1. The van der Waals surface area contributed by atoms with Crippen LogP contribution in [0.15, 0.2) is 54.7 Å². The van der Waals surface area contributed by atoms with Crippen LogP contribution in [0.1, 0.15) is 11.3 Å². The molecule has 6 nitrogen and oxygen atoms in total. The fourth-order valence-corrected chi connectivity index (χ4v) is 2.30. The lowest BCUT2D eigenvalue weighted by molar-refractivity contribution is 0.138. The van der Waals surface area contributed by atoms with Gasteiger partial charge in [-0.25, -0.2) is 18.3 Å². The van der Waals surface area contributed by atoms with E-state index < -0.39 is 17.7 Å². The Kier molecular flexibility index (Phi) is 5.52. The van der Waals surface area contributed by atoms with Crippen molar-refractivity contribution in [3.63, 3.8) is 0 Å². The molecule has 3 aromatic rings. The quantitative estimate of drug-likeness (QED) is 0.735. The first-order chi connectivity index (χ1) is 12.6. The van der Waals surface area contributed by atoms with Crippen molar-refractivity contribution in [1.29, 1.82) is 0 Å². The molecule has 1 N–H and O–H groups in total. The van der Waals surface area contributed by atoms with Crippen molar-refractivity contribution in [3.05, 3.63) is 77.6 Å². The van der Waals surface area contributed by atoms with Gasteiger partial charge in [-0.3, -0.25) is 0 Å². The Balaban J connectivity index is 1.48. The Morgan fingerprint density at radius 3 is 2.73 bits per heavy atom. The topological polar surface area (TPSA) is 69.0 Å². The van der Waals surface area contributed by atoms with E-state index in [4.69, 9.17) is 4.74 Å². The van der Waals surface area contributed by atoms with E-state index in [0.717, 1.165) is 16.3 Å². The standard InChI is InChI=1S/C18H16F2N4O2/c19-15-7-4-8-16(17(15)20)24-11-14(22-23-24)12-26-18(25)21-10-9-13-5-2-1-3-6-13/h1-8,11H,9-10,12H2,(H,21,25). The van der Waals surface area contributed by atoms with E-state index in [1.807, 2.05) is 30.3 Å². The summed E-state index contributed by atoms with van der Waals surface area (Å²) in [4.78, 5) is 11.7. The number of carbonyl (C=O) groups is 1. The van der Waals surface area contributed by atoms with E-state index in [-0.39, 0.29) is 12.3 Å². The van der Waals surface area contributed by atoms with Gasteiger partial charge in [-0.05, 0) is 24.1 Å². The van der Waals surface area contributed by atoms with E-state index in [0.29, 0.717) is 18.7 Å². The van der Waals surface area contributed by atoms with Crippen LogP contribution in [0.3, 0.4) is 0 Å². The van der Waals surface area contributed by atoms with Crippen LogP contribution >= 0.6 is 0 Å². The molecule has 1 heterocycles. The fourth-order valence-electron chi connectivity index (χ4n) is 2.30. The van der Waals surface area contributed by atoms with Gasteiger partial charge in [0.15, 0.2) is 11.6 Å². The van der Waals surface area contributed by atoms with Crippen LogP contribution in [0.25, 0.3) is 5.69 Å². The molecule has 1 amide bonds. The number of halogens is 2. The van der Waals surface area contributed by atoms with Crippen molar-refractivity contribution in [2.75, 3.05) is 6.54 Å². The summed E-state index contributed by atoms with van der Waals surface area (Å²) in [6, 6.07) is 13.5. The Labute approximate surface area is 148 Å². The minimum atomic E-state index is -1.02. The SMILES string of the molecule is O=C(NCCc1ccccc1)OCc1cn(-c2cccc(F)c2F)nn1. The van der Waals surface area contributed by atoms with Gasteiger partial charge in [-0.15, -0.1) is 5.10 Å². The molecule has 8 heteroatoms. The van der Waals surface area contributed by atoms with Gasteiger partial charge in [-0.2, -0.15) is 0 Å². The van der Waals surface area contributed by atoms with Crippen molar-refractivity contribution < 1.29 is 18.3 Å². The lowest BCUT2D eigenvalue weighted by Crippen LogP contribution is -2.26. The molecule has 0 bridgehead atoms. The number of rotatable bonds is 6. The summed E-state index contributed by atoms with van der Waals surface area (Å²) in [5.41, 5.74) is 1.34. The number of nitrogens with one attached hydrogen (secondary N) is 1. The lowest BCUT2D eigenvalue weighted by atomic mass is 10.1. The van der Waals surface area contributed by atoms with Crippen LogP contribution < -0.4 is 5.32 Å². The average molecular weight is 358 g/mol. The maximum absolute atomic E-state index is 13.7. The molecule has 0 aliphatic carbocycles. The molecule has 26 heavy (non-hydrogen) atoms. The van der Waals surface area contributed by atoms with Gasteiger partial charge in [0.05, 0.1) is 6.20 Å². The Bertz CT molecular complexity index is 884. The van der Waals surface area contributed by atoms with E-state index in [1.165, 1.54) is 18.3 Å². The van der Waals surface area contributed by atoms with E-state index >= 15 is 0 Å². The number of carbonyl (C=O) groups excluding carboxylic acids is 1. The highest BCUT2D eigenvalue weighted by Crippen LogP contribution is 2.15. The summed E-state index contributed by atoms with van der Waals surface area (Å²) in [6.45, 7) is 0.304. The zero-order chi connectivity index (χ0) is 18.4. The summed E-state index contributed by atoms with van der Waals surface area (Å²) in [7, 11) is 0. The highest BCUT2D eigenvalue weighted by atomic mass is 19.2. The average Bonchev–Trinajstić information content (AvgIpc) is 3.12. The summed E-state index contributed by atoms with van der Waals surface area (Å²) in [5, 5.41) is 10.1. The minimum absolute atomic E-state index is 0.0731. The third-order valence-electron chi connectivity index (χ3n) is 3.60. The number of benzene rings is 2. The summed E-state index contributed by atoms with van der Waals surface area (Å²) in [6.07, 6.45) is 1.47. The molecule has 0 fully saturated rings. The van der Waals surface area contributed by atoms with Crippen LogP contribution in [0.5, 0.6) is 0 Å². The number of nitrogens with zero attached hydrogens (tertiary/aromatic N) is 3. The van der Waals surface area contributed by atoms with Crippen molar-refractivity contribution >= 4 is 6.09 Å². The van der Waals surface area contributed by atoms with Gasteiger partial charge in [0, 0.05) is 6.54 Å². The molecule has 134 valence electrons. The molecule has 1 aromatic heterocycles. The molecule has 0 aliphatic heterocycles. The first-order valence-electron chi connectivity index (χ1n) is 7.93. The number of amides is 1. The van der Waals surface area contributed by atoms with Crippen molar-refractivity contribution in [2.45, 2.75) is 13.0 Å². The molecule has 0 atom stereocenters. The minimum Gasteiger partial charge on any atom is -0.443 e. The molecule has 0 spiro atoms. The molecule has 2 aromatic carbocycles. The molecular weight excluding hydrogens is 342 g/mol. The normalized spacial score (nSPS) is 10.5. The fraction of sp³-hybridized carbons (Fsp3) is 0.167. The number of hydrogen-bond acceptors (Lipinski definition) is 4. The van der Waals surface area contributed by atoms with Gasteiger partial charge in [0.25, 0.3) is 0 Å². The molecule has 0 saturated heterocycles. The van der Waals surface area contributed by atoms with Crippen molar-refractivity contribution in [3.8, 4) is 5.69 Å². The van der Waals surface area contributed by atoms with Gasteiger partial charge in [-0.1, -0.05) is 41.6 Å². The zero-order valence-electron chi connectivity index (χ0n) is 13.7. The summed E-state index contributed by atoms with van der Waals surface area (Å²) in [5.74, 6) is -2.00. The zero-order valence-corrected chi connectivity index (χ0v) is 13.7. The second-order valence-electron chi connectivity index (χ2n) is 5.47. The Morgan fingerprint density at radius 1 is 1.12 bits per heavy atom. The lowest BCUT2D eigenvalue weighted by Gasteiger charge is -2.05. The van der Waals surface area contributed by atoms with Crippen LogP contribution in [0.4, 0.5) is 13.6 Å². The van der Waals surface area contributed by atoms with Crippen LogP contribution in [0.2, 0.25) is 0 Å². The molecule has 3 rings (SSSR count). The highest BCUT2D eigenvalue weighted by Gasteiger charge is 2.12. The maximum atomic E-state index is 13.7. The predicted octanol–water partition coefficient (Wildman–Crippen LogP) is 3.01. The first-order valence-corrected chi connectivity index (χ1v) is 7.93. The molecule has 0 radical (unpaired) electrons. The summed E-state index contributed by atoms with van der Waals surface area (Å²) < 4.78 is 33.1. The smallest absolute Gasteiger partial charge is 0.407 e. The predicted molar refractivity (Wildman–Crippen MR) is 89.6 cm³/mol. The number of aromatic nitrogens is 3. The van der Waals surface area contributed by atoms with Crippen LogP contribution in [-0.2, 0) is 17.8 Å². The van der Waals surface area contributed by atoms with Gasteiger partial charge < -0.3 is 10.1 Å². The van der Waals surface area contributed by atoms with E-state index in [2.05, 4.69) is 15.6 Å². The largest absolute Gasteiger partial charge is 0.443 e. The van der Waals surface area contributed by atoms with Crippen molar-refractivity contribution in [2.24, 2.45) is 0 Å². The van der Waals surface area contributed by atoms with E-state index in [1.54, 1.807) is 0 Å².